The maximum absolute atomic E-state index is 13.5. The number of hydrogen-bond acceptors (Lipinski definition) is 2. The Hall–Kier alpha value is -1.56. The second-order valence-electron chi connectivity index (χ2n) is 3.85. The van der Waals surface area contributed by atoms with Crippen LogP contribution in [0.2, 0.25) is 0 Å². The maximum atomic E-state index is 13.5. The molecule has 0 saturated carbocycles. The highest BCUT2D eigenvalue weighted by Gasteiger charge is 2.21. The van der Waals surface area contributed by atoms with E-state index in [9.17, 15) is 18.0 Å². The van der Waals surface area contributed by atoms with Crippen LogP contribution in [0.25, 0.3) is 0 Å². The highest BCUT2D eigenvalue weighted by molar-refractivity contribution is 5.94. The van der Waals surface area contributed by atoms with Crippen molar-refractivity contribution >= 4 is 5.91 Å². The third-order valence-electron chi connectivity index (χ3n) is 2.37. The molecule has 1 rings (SSSR count). The number of amides is 1. The standard InChI is InChI=1S/C12H14F3NO2/c1-8-2-3-10(13)9(6-8)12(18)16(4-5-17)7-11(14)15/h2-3,6,11,17H,4-5,7H2,1H3. The average molecular weight is 261 g/mol. The molecule has 18 heavy (non-hydrogen) atoms. The van der Waals surface area contributed by atoms with Crippen LogP contribution in [0.5, 0.6) is 0 Å². The van der Waals surface area contributed by atoms with E-state index < -0.39 is 31.3 Å². The number of rotatable bonds is 5. The zero-order chi connectivity index (χ0) is 13.7. The zero-order valence-corrected chi connectivity index (χ0v) is 9.87. The summed E-state index contributed by atoms with van der Waals surface area (Å²) in [6.45, 7) is 0.134. The molecule has 3 nitrogen and oxygen atoms in total. The molecule has 0 heterocycles. The molecule has 0 unspecified atom stereocenters. The lowest BCUT2D eigenvalue weighted by molar-refractivity contribution is 0.0505. The van der Waals surface area contributed by atoms with Crippen LogP contribution in [0.3, 0.4) is 0 Å². The highest BCUT2D eigenvalue weighted by atomic mass is 19.3. The Labute approximate surface area is 103 Å². The second kappa shape index (κ2) is 6.39. The van der Waals surface area contributed by atoms with Gasteiger partial charge in [0.25, 0.3) is 12.3 Å². The third-order valence-corrected chi connectivity index (χ3v) is 2.37. The van der Waals surface area contributed by atoms with Crippen molar-refractivity contribution < 1.29 is 23.1 Å². The summed E-state index contributed by atoms with van der Waals surface area (Å²) in [5.74, 6) is -1.60. The van der Waals surface area contributed by atoms with E-state index in [-0.39, 0.29) is 12.1 Å². The number of alkyl halides is 2. The minimum atomic E-state index is -2.73. The number of carbonyl (C=O) groups excluding carboxylic acids is 1. The molecule has 0 spiro atoms. The Morgan fingerprint density at radius 3 is 2.67 bits per heavy atom. The van der Waals surface area contributed by atoms with Crippen molar-refractivity contribution in [3.63, 3.8) is 0 Å². The normalized spacial score (nSPS) is 10.8. The lowest BCUT2D eigenvalue weighted by atomic mass is 10.1. The predicted octanol–water partition coefficient (Wildman–Crippen LogP) is 1.83. The van der Waals surface area contributed by atoms with Crippen LogP contribution in [0.4, 0.5) is 13.2 Å². The van der Waals surface area contributed by atoms with Gasteiger partial charge in [-0.2, -0.15) is 0 Å². The number of aliphatic hydroxyl groups excluding tert-OH is 1. The summed E-state index contributed by atoms with van der Waals surface area (Å²) in [5.41, 5.74) is 0.393. The molecule has 0 saturated heterocycles. The Bertz CT molecular complexity index is 424. The summed E-state index contributed by atoms with van der Waals surface area (Å²) >= 11 is 0. The van der Waals surface area contributed by atoms with Crippen LogP contribution < -0.4 is 0 Å². The van der Waals surface area contributed by atoms with Gasteiger partial charge in [-0.25, -0.2) is 13.2 Å². The van der Waals surface area contributed by atoms with Gasteiger partial charge < -0.3 is 10.0 Å². The zero-order valence-electron chi connectivity index (χ0n) is 9.87. The Morgan fingerprint density at radius 1 is 1.44 bits per heavy atom. The molecule has 1 amide bonds. The topological polar surface area (TPSA) is 40.5 Å². The molecule has 0 fully saturated rings. The molecule has 0 bridgehead atoms. The molecule has 0 aliphatic heterocycles. The largest absolute Gasteiger partial charge is 0.395 e. The minimum absolute atomic E-state index is 0.253. The lowest BCUT2D eigenvalue weighted by Crippen LogP contribution is -2.37. The fraction of sp³-hybridized carbons (Fsp3) is 0.417. The van der Waals surface area contributed by atoms with Crippen molar-refractivity contribution in [3.05, 3.63) is 35.1 Å². The van der Waals surface area contributed by atoms with Gasteiger partial charge in [0.1, 0.15) is 5.82 Å². The first-order valence-electron chi connectivity index (χ1n) is 5.40. The van der Waals surface area contributed by atoms with Crippen LogP contribution in [0.15, 0.2) is 18.2 Å². The molecule has 0 aliphatic carbocycles. The highest BCUT2D eigenvalue weighted by Crippen LogP contribution is 2.13. The first-order chi connectivity index (χ1) is 8.45. The molecule has 6 heteroatoms. The first kappa shape index (κ1) is 14.5. The summed E-state index contributed by atoms with van der Waals surface area (Å²) in [6, 6.07) is 3.89. The van der Waals surface area contributed by atoms with Crippen molar-refractivity contribution in [2.45, 2.75) is 13.3 Å². The van der Waals surface area contributed by atoms with Gasteiger partial charge in [-0.1, -0.05) is 11.6 Å². The van der Waals surface area contributed by atoms with Gasteiger partial charge in [0, 0.05) is 6.54 Å². The third kappa shape index (κ3) is 3.73. The van der Waals surface area contributed by atoms with Crippen LogP contribution >= 0.6 is 0 Å². The summed E-state index contributed by atoms with van der Waals surface area (Å²) in [4.78, 5) is 12.6. The van der Waals surface area contributed by atoms with Crippen molar-refractivity contribution in [2.24, 2.45) is 0 Å². The molecule has 1 aromatic rings. The van der Waals surface area contributed by atoms with E-state index in [0.29, 0.717) is 5.56 Å². The number of aliphatic hydroxyl groups is 1. The number of hydrogen-bond donors (Lipinski definition) is 1. The van der Waals surface area contributed by atoms with Gasteiger partial charge in [-0.05, 0) is 19.1 Å². The molecule has 0 aromatic heterocycles. The van der Waals surface area contributed by atoms with E-state index in [0.717, 1.165) is 11.0 Å². The molecular weight excluding hydrogens is 247 g/mol. The van der Waals surface area contributed by atoms with E-state index in [1.165, 1.54) is 12.1 Å². The van der Waals surface area contributed by atoms with Crippen LogP contribution in [0.1, 0.15) is 15.9 Å². The van der Waals surface area contributed by atoms with Crippen LogP contribution in [-0.4, -0.2) is 42.0 Å². The summed E-state index contributed by atoms with van der Waals surface area (Å²) in [5, 5.41) is 8.74. The molecule has 0 atom stereocenters. The number of carbonyl (C=O) groups is 1. The fourth-order valence-corrected chi connectivity index (χ4v) is 1.54. The van der Waals surface area contributed by atoms with Gasteiger partial charge in [-0.3, -0.25) is 4.79 Å². The fourth-order valence-electron chi connectivity index (χ4n) is 1.54. The quantitative estimate of drug-likeness (QED) is 0.878. The number of halogens is 3. The van der Waals surface area contributed by atoms with Crippen LogP contribution in [-0.2, 0) is 0 Å². The first-order valence-corrected chi connectivity index (χ1v) is 5.40. The predicted molar refractivity (Wildman–Crippen MR) is 60.1 cm³/mol. The van der Waals surface area contributed by atoms with Gasteiger partial charge >= 0.3 is 0 Å². The number of aryl methyl sites for hydroxylation is 1. The van der Waals surface area contributed by atoms with E-state index >= 15 is 0 Å². The van der Waals surface area contributed by atoms with Gasteiger partial charge in [0.2, 0.25) is 0 Å². The Balaban J connectivity index is 2.97. The lowest BCUT2D eigenvalue weighted by Gasteiger charge is -2.21. The second-order valence-corrected chi connectivity index (χ2v) is 3.85. The van der Waals surface area contributed by atoms with Gasteiger partial charge in [0.05, 0.1) is 18.7 Å². The summed E-state index contributed by atoms with van der Waals surface area (Å²) in [7, 11) is 0. The molecule has 0 aliphatic rings. The van der Waals surface area contributed by atoms with Crippen molar-refractivity contribution in [1.29, 1.82) is 0 Å². The number of benzene rings is 1. The Morgan fingerprint density at radius 2 is 2.11 bits per heavy atom. The Kier molecular flexibility index (Phi) is 5.15. The van der Waals surface area contributed by atoms with Crippen molar-refractivity contribution in [2.75, 3.05) is 19.7 Å². The van der Waals surface area contributed by atoms with Gasteiger partial charge in [-0.15, -0.1) is 0 Å². The molecule has 0 radical (unpaired) electrons. The van der Waals surface area contributed by atoms with E-state index in [1.54, 1.807) is 6.92 Å². The molecule has 1 aromatic carbocycles. The van der Waals surface area contributed by atoms with E-state index in [4.69, 9.17) is 5.11 Å². The monoisotopic (exact) mass is 261 g/mol. The van der Waals surface area contributed by atoms with Gasteiger partial charge in [0.15, 0.2) is 0 Å². The van der Waals surface area contributed by atoms with E-state index in [2.05, 4.69) is 0 Å². The van der Waals surface area contributed by atoms with Crippen molar-refractivity contribution in [3.8, 4) is 0 Å². The average Bonchev–Trinajstić information content (AvgIpc) is 2.30. The summed E-state index contributed by atoms with van der Waals surface area (Å²) < 4.78 is 38.1. The van der Waals surface area contributed by atoms with Crippen LogP contribution in [0, 0.1) is 12.7 Å². The van der Waals surface area contributed by atoms with E-state index in [1.807, 2.05) is 0 Å². The minimum Gasteiger partial charge on any atom is -0.395 e. The molecular formula is C12H14F3NO2. The van der Waals surface area contributed by atoms with Crippen molar-refractivity contribution in [1.82, 2.24) is 4.90 Å². The number of nitrogens with zero attached hydrogens (tertiary/aromatic N) is 1. The maximum Gasteiger partial charge on any atom is 0.257 e. The SMILES string of the molecule is Cc1ccc(F)c(C(=O)N(CCO)CC(F)F)c1. The molecule has 1 N–H and O–H groups in total. The smallest absolute Gasteiger partial charge is 0.257 e. The summed E-state index contributed by atoms with van der Waals surface area (Å²) in [6.07, 6.45) is -2.73. The molecule has 100 valence electrons.